The lowest BCUT2D eigenvalue weighted by atomic mass is 9.74. The zero-order chi connectivity index (χ0) is 23.4. The summed E-state index contributed by atoms with van der Waals surface area (Å²) >= 11 is 0. The van der Waals surface area contributed by atoms with Crippen LogP contribution in [-0.4, -0.2) is 71.2 Å². The molecule has 9 heteroatoms. The van der Waals surface area contributed by atoms with Gasteiger partial charge in [-0.2, -0.15) is 0 Å². The molecule has 8 unspecified atom stereocenters. The number of methoxy groups -OCH3 is 1. The molecule has 1 amide bonds. The smallest absolute Gasteiger partial charge is 0.409 e. The molecule has 4 fully saturated rings. The van der Waals surface area contributed by atoms with Gasteiger partial charge in [0.25, 0.3) is 0 Å². The van der Waals surface area contributed by atoms with Gasteiger partial charge < -0.3 is 18.9 Å². The van der Waals surface area contributed by atoms with E-state index >= 15 is 0 Å². The molecule has 6 rings (SSSR count). The second-order valence-electron chi connectivity index (χ2n) is 10.3. The van der Waals surface area contributed by atoms with Crippen molar-refractivity contribution >= 4 is 18.0 Å². The number of alkyl carbamates (subject to hydrolysis) is 1. The normalized spacial score (nSPS) is 49.9. The summed E-state index contributed by atoms with van der Waals surface area (Å²) in [5.74, 6) is -1.12. The number of carbonyl (C=O) groups is 3. The fourth-order valence-corrected chi connectivity index (χ4v) is 8.01. The Morgan fingerprint density at radius 3 is 2.67 bits per heavy atom. The Kier molecular flexibility index (Phi) is 4.10. The Morgan fingerprint density at radius 1 is 1.27 bits per heavy atom. The average molecular weight is 459 g/mol. The lowest BCUT2D eigenvalue weighted by Gasteiger charge is -2.48. The molecule has 5 heterocycles. The van der Waals surface area contributed by atoms with E-state index in [1.54, 1.807) is 14.0 Å². The van der Waals surface area contributed by atoms with E-state index in [1.165, 1.54) is 0 Å². The van der Waals surface area contributed by atoms with Crippen LogP contribution in [0.2, 0.25) is 0 Å². The Hall–Kier alpha value is -2.39. The highest BCUT2D eigenvalue weighted by molar-refractivity contribution is 5.92. The summed E-state index contributed by atoms with van der Waals surface area (Å²) < 4.78 is 24.7. The minimum atomic E-state index is -1.24. The summed E-state index contributed by atoms with van der Waals surface area (Å²) in [5, 5.41) is 3.16. The summed E-state index contributed by atoms with van der Waals surface area (Å²) in [6, 6.07) is -0.225. The summed E-state index contributed by atoms with van der Waals surface area (Å²) in [6.45, 7) is 6.25. The van der Waals surface area contributed by atoms with Crippen LogP contribution in [0, 0.1) is 11.8 Å². The molecular weight excluding hydrogens is 428 g/mol. The number of carbonyl (C=O) groups excluding carboxylic acids is 3. The molecule has 0 aromatic carbocycles. The number of nitrogens with zero attached hydrogens (tertiary/aromatic N) is 1. The Bertz CT molecular complexity index is 1020. The largest absolute Gasteiger partial charge is 0.460 e. The molecule has 6 aliphatic rings. The number of hydrogen-bond donors (Lipinski definition) is 1. The maximum Gasteiger partial charge on any atom is 0.409 e. The van der Waals surface area contributed by atoms with Gasteiger partial charge in [-0.1, -0.05) is 26.0 Å². The van der Waals surface area contributed by atoms with Gasteiger partial charge in [-0.15, -0.1) is 0 Å². The molecule has 3 saturated heterocycles. The SMILES string of the molecule is CCC1C2(C=C(C)C(=O)O2)C23CC(C4CC(C)C(=O)O4)N4CCC=CC1(OC)C42NC(=O)O3. The number of rotatable bonds is 3. The van der Waals surface area contributed by atoms with Crippen LogP contribution in [0.3, 0.4) is 0 Å². The minimum absolute atomic E-state index is 0.193. The summed E-state index contributed by atoms with van der Waals surface area (Å²) in [7, 11) is 1.64. The molecule has 1 saturated carbocycles. The van der Waals surface area contributed by atoms with Crippen LogP contribution in [-0.2, 0) is 28.5 Å². The van der Waals surface area contributed by atoms with E-state index in [4.69, 9.17) is 18.9 Å². The third kappa shape index (κ3) is 2.06. The van der Waals surface area contributed by atoms with E-state index < -0.39 is 34.5 Å². The molecule has 2 spiro atoms. The van der Waals surface area contributed by atoms with Crippen LogP contribution in [0.1, 0.15) is 46.5 Å². The van der Waals surface area contributed by atoms with Gasteiger partial charge in [-0.25, -0.2) is 9.59 Å². The monoisotopic (exact) mass is 458 g/mol. The highest BCUT2D eigenvalue weighted by Gasteiger charge is 2.93. The molecule has 9 nitrogen and oxygen atoms in total. The Labute approximate surface area is 192 Å². The lowest BCUT2D eigenvalue weighted by molar-refractivity contribution is -0.174. The molecule has 1 aliphatic carbocycles. The summed E-state index contributed by atoms with van der Waals surface area (Å²) in [4.78, 5) is 40.4. The predicted octanol–water partition coefficient (Wildman–Crippen LogP) is 1.81. The minimum Gasteiger partial charge on any atom is -0.460 e. The highest BCUT2D eigenvalue weighted by Crippen LogP contribution is 2.72. The number of hydrogen-bond acceptors (Lipinski definition) is 8. The molecule has 5 aliphatic heterocycles. The molecule has 0 radical (unpaired) electrons. The second-order valence-corrected chi connectivity index (χ2v) is 10.3. The van der Waals surface area contributed by atoms with Crippen molar-refractivity contribution < 1.29 is 33.3 Å². The average Bonchev–Trinajstić information content (AvgIpc) is 3.43. The van der Waals surface area contributed by atoms with Crippen molar-refractivity contribution in [3.8, 4) is 0 Å². The van der Waals surface area contributed by atoms with Gasteiger partial charge in [0.05, 0.1) is 12.0 Å². The van der Waals surface area contributed by atoms with E-state index in [0.717, 1.165) is 6.42 Å². The highest BCUT2D eigenvalue weighted by atomic mass is 16.6. The van der Waals surface area contributed by atoms with E-state index in [0.29, 0.717) is 31.4 Å². The fourth-order valence-electron chi connectivity index (χ4n) is 8.01. The van der Waals surface area contributed by atoms with Crippen LogP contribution < -0.4 is 5.32 Å². The number of esters is 2. The van der Waals surface area contributed by atoms with Gasteiger partial charge in [0.1, 0.15) is 11.7 Å². The quantitative estimate of drug-likeness (QED) is 0.388. The van der Waals surface area contributed by atoms with Gasteiger partial charge in [0.2, 0.25) is 0 Å². The molecule has 0 aromatic heterocycles. The van der Waals surface area contributed by atoms with Crippen molar-refractivity contribution in [3.05, 3.63) is 23.8 Å². The van der Waals surface area contributed by atoms with Crippen LogP contribution in [0.4, 0.5) is 4.79 Å². The van der Waals surface area contributed by atoms with Gasteiger partial charge in [-0.05, 0) is 32.3 Å². The van der Waals surface area contributed by atoms with Crippen molar-refractivity contribution in [2.45, 2.75) is 81.1 Å². The number of cyclic esters (lactones) is 1. The van der Waals surface area contributed by atoms with Crippen molar-refractivity contribution in [2.75, 3.05) is 13.7 Å². The van der Waals surface area contributed by atoms with Crippen LogP contribution in [0.25, 0.3) is 0 Å². The first kappa shape index (κ1) is 21.2. The van der Waals surface area contributed by atoms with Crippen molar-refractivity contribution in [2.24, 2.45) is 11.8 Å². The standard InChI is InChI=1S/C24H30N2O7/c1-5-17-21(30-4)8-6-7-9-26-15(16-10-13(2)18(27)31-16)12-23(24(21,26)25-20(29)33-23)22(17)11-14(3)19(28)32-22/h6,8,11,13,15-17H,5,7,9-10,12H2,1-4H3,(H,25,29). The van der Waals surface area contributed by atoms with Crippen molar-refractivity contribution in [1.29, 1.82) is 0 Å². The summed E-state index contributed by atoms with van der Waals surface area (Å²) in [6.07, 6.45) is 7.36. The molecule has 33 heavy (non-hydrogen) atoms. The first-order chi connectivity index (χ1) is 15.7. The first-order valence-electron chi connectivity index (χ1n) is 11.9. The molecule has 8 atom stereocenters. The van der Waals surface area contributed by atoms with Crippen molar-refractivity contribution in [1.82, 2.24) is 10.2 Å². The predicted molar refractivity (Wildman–Crippen MR) is 114 cm³/mol. The van der Waals surface area contributed by atoms with Crippen LogP contribution >= 0.6 is 0 Å². The zero-order valence-electron chi connectivity index (χ0n) is 19.4. The number of amides is 1. The third-order valence-corrected chi connectivity index (χ3v) is 9.04. The molecule has 0 aromatic rings. The van der Waals surface area contributed by atoms with Crippen LogP contribution in [0.15, 0.2) is 23.8 Å². The zero-order valence-corrected chi connectivity index (χ0v) is 19.4. The Morgan fingerprint density at radius 2 is 2.06 bits per heavy atom. The van der Waals surface area contributed by atoms with Gasteiger partial charge in [0.15, 0.2) is 16.9 Å². The molecule has 0 bridgehead atoms. The number of ether oxygens (including phenoxy) is 4. The van der Waals surface area contributed by atoms with Gasteiger partial charge in [0, 0.05) is 31.6 Å². The van der Waals surface area contributed by atoms with Gasteiger partial charge in [-0.3, -0.25) is 15.0 Å². The van der Waals surface area contributed by atoms with Crippen LogP contribution in [0.5, 0.6) is 0 Å². The third-order valence-electron chi connectivity index (χ3n) is 9.04. The molecule has 1 N–H and O–H groups in total. The van der Waals surface area contributed by atoms with E-state index in [-0.39, 0.29) is 30.0 Å². The topological polar surface area (TPSA) is 103 Å². The van der Waals surface area contributed by atoms with Crippen molar-refractivity contribution in [3.63, 3.8) is 0 Å². The van der Waals surface area contributed by atoms with E-state index in [9.17, 15) is 14.4 Å². The second kappa shape index (κ2) is 6.39. The van der Waals surface area contributed by atoms with Gasteiger partial charge >= 0.3 is 18.0 Å². The first-order valence-corrected chi connectivity index (χ1v) is 11.9. The maximum absolute atomic E-state index is 13.0. The number of nitrogens with one attached hydrogen (secondary N) is 1. The summed E-state index contributed by atoms with van der Waals surface area (Å²) in [5.41, 5.74) is -4.10. The fraction of sp³-hybridized carbons (Fsp3) is 0.708. The lowest BCUT2D eigenvalue weighted by Crippen LogP contribution is -2.73. The maximum atomic E-state index is 13.0. The molecular formula is C24H30N2O7. The van der Waals surface area contributed by atoms with E-state index in [2.05, 4.69) is 16.3 Å². The molecule has 178 valence electrons. The Balaban J connectivity index is 1.63. The van der Waals surface area contributed by atoms with E-state index in [1.807, 2.05) is 26.0 Å².